The van der Waals surface area contributed by atoms with Crippen LogP contribution in [0.1, 0.15) is 11.1 Å². The van der Waals surface area contributed by atoms with Crippen LogP contribution in [0.4, 0.5) is 0 Å². The van der Waals surface area contributed by atoms with Gasteiger partial charge < -0.3 is 9.47 Å². The molecule has 0 aliphatic rings. The summed E-state index contributed by atoms with van der Waals surface area (Å²) < 4.78 is 27.8. The summed E-state index contributed by atoms with van der Waals surface area (Å²) >= 11 is 0. The number of aryl methyl sites for hydroxylation is 1. The molecule has 2 aromatic carbocycles. The van der Waals surface area contributed by atoms with Crippen LogP contribution in [0.5, 0.6) is 0 Å². The molecule has 0 saturated carbocycles. The lowest BCUT2D eigenvalue weighted by molar-refractivity contribution is -0.129. The first kappa shape index (κ1) is 18.2. The van der Waals surface area contributed by atoms with Crippen molar-refractivity contribution in [2.75, 3.05) is 14.1 Å². The number of likely N-dealkylation sites (N-methyl/N-ethyl adjacent to an activating group) is 1. The third-order valence-corrected chi connectivity index (χ3v) is 6.08. The highest BCUT2D eigenvalue weighted by atomic mass is 32.2. The quantitative estimate of drug-likeness (QED) is 0.694. The van der Waals surface area contributed by atoms with Crippen molar-refractivity contribution in [1.29, 1.82) is 0 Å². The Kier molecular flexibility index (Phi) is 4.87. The topological polar surface area (TPSA) is 59.4 Å². The standard InChI is InChI=1S/C20H22N2O3S/c1-15-8-10-16(11-9-15)14-26(24,25)19-12-22(13-20(23)21(2)3)18-7-5-4-6-17(18)19/h4-12H,13-14H2,1-3H3. The molecule has 3 aromatic rings. The van der Waals surface area contributed by atoms with E-state index < -0.39 is 9.84 Å². The minimum Gasteiger partial charge on any atom is -0.347 e. The first-order valence-corrected chi connectivity index (χ1v) is 9.99. The molecule has 0 aliphatic carbocycles. The van der Waals surface area contributed by atoms with E-state index in [1.807, 2.05) is 49.4 Å². The van der Waals surface area contributed by atoms with Gasteiger partial charge in [0.05, 0.1) is 10.6 Å². The Balaban J connectivity index is 2.03. The molecule has 0 radical (unpaired) electrons. The lowest BCUT2D eigenvalue weighted by Gasteiger charge is -2.11. The number of hydrogen-bond acceptors (Lipinski definition) is 3. The molecule has 0 spiro atoms. The molecule has 0 N–H and O–H groups in total. The van der Waals surface area contributed by atoms with Crippen LogP contribution in [0.2, 0.25) is 0 Å². The van der Waals surface area contributed by atoms with Gasteiger partial charge in [-0.2, -0.15) is 0 Å². The lowest BCUT2D eigenvalue weighted by atomic mass is 10.2. The van der Waals surface area contributed by atoms with E-state index in [0.717, 1.165) is 16.6 Å². The van der Waals surface area contributed by atoms with Gasteiger partial charge in [-0.25, -0.2) is 8.42 Å². The number of nitrogens with zero attached hydrogens (tertiary/aromatic N) is 2. The summed E-state index contributed by atoms with van der Waals surface area (Å²) in [6.45, 7) is 2.07. The fourth-order valence-corrected chi connectivity index (χ4v) is 4.44. The molecule has 1 heterocycles. The zero-order valence-electron chi connectivity index (χ0n) is 15.1. The summed E-state index contributed by atoms with van der Waals surface area (Å²) in [7, 11) is -0.167. The normalized spacial score (nSPS) is 11.7. The molecule has 26 heavy (non-hydrogen) atoms. The number of hydrogen-bond donors (Lipinski definition) is 0. The Morgan fingerprint density at radius 3 is 2.35 bits per heavy atom. The van der Waals surface area contributed by atoms with Crippen molar-refractivity contribution < 1.29 is 13.2 Å². The monoisotopic (exact) mass is 370 g/mol. The Morgan fingerprint density at radius 1 is 1.04 bits per heavy atom. The average molecular weight is 370 g/mol. The summed E-state index contributed by atoms with van der Waals surface area (Å²) in [5.74, 6) is -0.156. The van der Waals surface area contributed by atoms with E-state index in [1.165, 1.54) is 4.90 Å². The molecule has 6 heteroatoms. The van der Waals surface area contributed by atoms with Gasteiger partial charge in [0, 0.05) is 31.2 Å². The Hall–Kier alpha value is -2.60. The van der Waals surface area contributed by atoms with Crippen molar-refractivity contribution in [2.24, 2.45) is 0 Å². The fourth-order valence-electron chi connectivity index (χ4n) is 2.86. The molecule has 3 rings (SSSR count). The molecule has 5 nitrogen and oxygen atoms in total. The van der Waals surface area contributed by atoms with E-state index >= 15 is 0 Å². The molecule has 0 fully saturated rings. The van der Waals surface area contributed by atoms with Gasteiger partial charge in [0.25, 0.3) is 0 Å². The number of aromatic nitrogens is 1. The molecule has 0 aliphatic heterocycles. The van der Waals surface area contributed by atoms with Crippen molar-refractivity contribution in [3.8, 4) is 0 Å². The summed E-state index contributed by atoms with van der Waals surface area (Å²) in [6, 6.07) is 14.8. The van der Waals surface area contributed by atoms with Gasteiger partial charge in [-0.1, -0.05) is 48.0 Å². The number of benzene rings is 2. The average Bonchev–Trinajstić information content (AvgIpc) is 2.96. The Bertz CT molecular complexity index is 1050. The van der Waals surface area contributed by atoms with Crippen LogP contribution < -0.4 is 0 Å². The number of sulfone groups is 1. The van der Waals surface area contributed by atoms with Crippen molar-refractivity contribution in [1.82, 2.24) is 9.47 Å². The maximum atomic E-state index is 13.0. The van der Waals surface area contributed by atoms with Crippen LogP contribution in [-0.4, -0.2) is 37.9 Å². The van der Waals surface area contributed by atoms with E-state index in [2.05, 4.69) is 0 Å². The molecular weight excluding hydrogens is 348 g/mol. The first-order chi connectivity index (χ1) is 12.3. The number of para-hydroxylation sites is 1. The highest BCUT2D eigenvalue weighted by Crippen LogP contribution is 2.28. The van der Waals surface area contributed by atoms with Gasteiger partial charge in [0.15, 0.2) is 9.84 Å². The third-order valence-electron chi connectivity index (χ3n) is 4.37. The van der Waals surface area contributed by atoms with E-state index in [9.17, 15) is 13.2 Å². The maximum Gasteiger partial charge on any atom is 0.241 e. The van der Waals surface area contributed by atoms with Gasteiger partial charge >= 0.3 is 0 Å². The Labute approximate surface area is 153 Å². The Morgan fingerprint density at radius 2 is 1.69 bits per heavy atom. The molecule has 1 amide bonds. The third kappa shape index (κ3) is 3.65. The van der Waals surface area contributed by atoms with Gasteiger partial charge in [-0.05, 0) is 18.6 Å². The SMILES string of the molecule is Cc1ccc(CS(=O)(=O)c2cn(CC(=O)N(C)C)c3ccccc23)cc1. The van der Waals surface area contributed by atoms with Crippen LogP contribution in [0, 0.1) is 6.92 Å². The largest absolute Gasteiger partial charge is 0.347 e. The van der Waals surface area contributed by atoms with Crippen molar-refractivity contribution in [3.63, 3.8) is 0 Å². The van der Waals surface area contributed by atoms with Gasteiger partial charge in [-0.3, -0.25) is 4.79 Å². The number of amides is 1. The minimum absolute atomic E-state index is 0.0666. The van der Waals surface area contributed by atoms with Crippen LogP contribution in [-0.2, 0) is 26.9 Å². The van der Waals surface area contributed by atoms with E-state index in [0.29, 0.717) is 5.39 Å². The van der Waals surface area contributed by atoms with Crippen LogP contribution in [0.15, 0.2) is 59.6 Å². The smallest absolute Gasteiger partial charge is 0.241 e. The summed E-state index contributed by atoms with van der Waals surface area (Å²) in [4.78, 5) is 13.9. The second-order valence-corrected chi connectivity index (χ2v) is 8.63. The van der Waals surface area contributed by atoms with E-state index in [4.69, 9.17) is 0 Å². The van der Waals surface area contributed by atoms with Crippen molar-refractivity contribution in [3.05, 3.63) is 65.9 Å². The predicted octanol–water partition coefficient (Wildman–Crippen LogP) is 3.01. The van der Waals surface area contributed by atoms with Crippen molar-refractivity contribution >= 4 is 26.6 Å². The predicted molar refractivity (Wildman–Crippen MR) is 103 cm³/mol. The lowest BCUT2D eigenvalue weighted by Crippen LogP contribution is -2.25. The molecule has 0 saturated heterocycles. The summed E-state index contributed by atoms with van der Waals surface area (Å²) in [5, 5.41) is 0.645. The number of rotatable bonds is 5. The second kappa shape index (κ2) is 6.96. The van der Waals surface area contributed by atoms with E-state index in [1.54, 1.807) is 30.9 Å². The molecule has 1 aromatic heterocycles. The van der Waals surface area contributed by atoms with Crippen LogP contribution >= 0.6 is 0 Å². The molecule has 0 unspecified atom stereocenters. The summed E-state index contributed by atoms with van der Waals surface area (Å²) in [5.41, 5.74) is 2.58. The minimum atomic E-state index is -3.53. The van der Waals surface area contributed by atoms with Gasteiger partial charge in [-0.15, -0.1) is 0 Å². The maximum absolute atomic E-state index is 13.0. The zero-order valence-corrected chi connectivity index (χ0v) is 16.0. The zero-order chi connectivity index (χ0) is 18.9. The van der Waals surface area contributed by atoms with Crippen LogP contribution in [0.25, 0.3) is 10.9 Å². The first-order valence-electron chi connectivity index (χ1n) is 8.34. The number of fused-ring (bicyclic) bond motifs is 1. The fraction of sp³-hybridized carbons (Fsp3) is 0.250. The second-order valence-electron chi connectivity index (χ2n) is 6.67. The highest BCUT2D eigenvalue weighted by Gasteiger charge is 2.22. The van der Waals surface area contributed by atoms with Gasteiger partial charge in [0.1, 0.15) is 6.54 Å². The highest BCUT2D eigenvalue weighted by molar-refractivity contribution is 7.90. The molecule has 136 valence electrons. The van der Waals surface area contributed by atoms with E-state index in [-0.39, 0.29) is 23.1 Å². The molecule has 0 atom stereocenters. The number of carbonyl (C=O) groups is 1. The molecule has 0 bridgehead atoms. The summed E-state index contributed by atoms with van der Waals surface area (Å²) in [6.07, 6.45) is 1.58. The van der Waals surface area contributed by atoms with Crippen molar-refractivity contribution in [2.45, 2.75) is 24.1 Å². The van der Waals surface area contributed by atoms with Gasteiger partial charge in [0.2, 0.25) is 5.91 Å². The molecular formula is C20H22N2O3S. The number of carbonyl (C=O) groups excluding carboxylic acids is 1. The van der Waals surface area contributed by atoms with Crippen LogP contribution in [0.3, 0.4) is 0 Å².